The number of carbonyl (C=O) groups excluding carboxylic acids is 1. The van der Waals surface area contributed by atoms with Gasteiger partial charge in [-0.3, -0.25) is 4.90 Å². The normalized spacial score (nSPS) is 14.9. The molecular formula is C23H40IN5O3. The maximum atomic E-state index is 11.7. The van der Waals surface area contributed by atoms with Gasteiger partial charge in [0.25, 0.3) is 0 Å². The van der Waals surface area contributed by atoms with Gasteiger partial charge < -0.3 is 25.4 Å². The molecule has 1 aliphatic heterocycles. The van der Waals surface area contributed by atoms with Gasteiger partial charge >= 0.3 is 6.09 Å². The van der Waals surface area contributed by atoms with Gasteiger partial charge in [0.05, 0.1) is 19.8 Å². The van der Waals surface area contributed by atoms with Crippen LogP contribution in [-0.4, -0.2) is 68.5 Å². The van der Waals surface area contributed by atoms with Crippen LogP contribution in [0, 0.1) is 0 Å². The van der Waals surface area contributed by atoms with Crippen LogP contribution in [0.1, 0.15) is 45.2 Å². The van der Waals surface area contributed by atoms with Gasteiger partial charge in [-0.15, -0.1) is 24.0 Å². The van der Waals surface area contributed by atoms with Crippen LogP contribution in [0.15, 0.2) is 29.3 Å². The number of guanidine groups is 1. The summed E-state index contributed by atoms with van der Waals surface area (Å²) in [7, 11) is 0. The van der Waals surface area contributed by atoms with Gasteiger partial charge in [0.15, 0.2) is 5.96 Å². The molecule has 0 aliphatic carbocycles. The van der Waals surface area contributed by atoms with Crippen molar-refractivity contribution in [2.75, 3.05) is 45.9 Å². The third-order valence-corrected chi connectivity index (χ3v) is 4.58. The van der Waals surface area contributed by atoms with Gasteiger partial charge in [-0.05, 0) is 45.2 Å². The zero-order valence-corrected chi connectivity index (χ0v) is 22.2. The molecule has 0 radical (unpaired) electrons. The van der Waals surface area contributed by atoms with Crippen LogP contribution < -0.4 is 16.0 Å². The molecule has 1 heterocycles. The topological polar surface area (TPSA) is 87.2 Å². The van der Waals surface area contributed by atoms with Crippen LogP contribution in [0.4, 0.5) is 4.79 Å². The number of nitrogens with zero attached hydrogens (tertiary/aromatic N) is 2. The molecule has 0 bridgehead atoms. The van der Waals surface area contributed by atoms with Crippen molar-refractivity contribution in [2.45, 2.75) is 52.8 Å². The van der Waals surface area contributed by atoms with Crippen LogP contribution in [0.2, 0.25) is 0 Å². The first-order valence-electron chi connectivity index (χ1n) is 11.2. The first kappa shape index (κ1) is 28.4. The summed E-state index contributed by atoms with van der Waals surface area (Å²) in [6.45, 7) is 14.8. The van der Waals surface area contributed by atoms with Gasteiger partial charge in [0, 0.05) is 39.3 Å². The van der Waals surface area contributed by atoms with E-state index in [0.717, 1.165) is 51.8 Å². The highest BCUT2D eigenvalue weighted by Crippen LogP contribution is 2.11. The summed E-state index contributed by atoms with van der Waals surface area (Å²) in [4.78, 5) is 18.8. The van der Waals surface area contributed by atoms with E-state index in [9.17, 15) is 4.79 Å². The molecule has 2 rings (SSSR count). The Morgan fingerprint density at radius 1 is 1.12 bits per heavy atom. The molecule has 8 nitrogen and oxygen atoms in total. The van der Waals surface area contributed by atoms with Crippen LogP contribution in [0.25, 0.3) is 0 Å². The number of alkyl carbamates (subject to hydrolysis) is 1. The highest BCUT2D eigenvalue weighted by molar-refractivity contribution is 14.0. The number of ether oxygens (including phenoxy) is 2. The van der Waals surface area contributed by atoms with E-state index in [-0.39, 0.29) is 30.1 Å². The Balaban J connectivity index is 0.00000512. The number of hydrogen-bond donors (Lipinski definition) is 3. The molecule has 0 saturated carbocycles. The van der Waals surface area contributed by atoms with Gasteiger partial charge in [0.1, 0.15) is 5.60 Å². The first-order valence-corrected chi connectivity index (χ1v) is 11.2. The van der Waals surface area contributed by atoms with E-state index in [1.165, 1.54) is 11.1 Å². The van der Waals surface area contributed by atoms with Gasteiger partial charge in [0.2, 0.25) is 0 Å². The average molecular weight is 562 g/mol. The number of amides is 1. The van der Waals surface area contributed by atoms with Gasteiger partial charge in [-0.1, -0.05) is 24.3 Å². The predicted molar refractivity (Wildman–Crippen MR) is 140 cm³/mol. The third-order valence-electron chi connectivity index (χ3n) is 4.58. The Morgan fingerprint density at radius 3 is 2.50 bits per heavy atom. The zero-order valence-electron chi connectivity index (χ0n) is 19.9. The van der Waals surface area contributed by atoms with E-state index in [2.05, 4.69) is 45.1 Å². The number of benzene rings is 1. The van der Waals surface area contributed by atoms with E-state index >= 15 is 0 Å². The number of halogens is 1. The summed E-state index contributed by atoms with van der Waals surface area (Å²) in [5, 5.41) is 9.36. The maximum absolute atomic E-state index is 11.7. The number of aliphatic imine (C=N–C) groups is 1. The first-order chi connectivity index (χ1) is 14.9. The predicted octanol–water partition coefficient (Wildman–Crippen LogP) is 3.11. The van der Waals surface area contributed by atoms with Crippen LogP contribution in [0.3, 0.4) is 0 Å². The molecule has 1 aliphatic rings. The Morgan fingerprint density at radius 2 is 1.81 bits per heavy atom. The van der Waals surface area contributed by atoms with Gasteiger partial charge in [-0.2, -0.15) is 0 Å². The lowest BCUT2D eigenvalue weighted by Gasteiger charge is -2.26. The number of carbonyl (C=O) groups is 1. The van der Waals surface area contributed by atoms with Crippen molar-refractivity contribution in [3.8, 4) is 0 Å². The summed E-state index contributed by atoms with van der Waals surface area (Å²) in [5.74, 6) is 0.776. The average Bonchev–Trinajstić information content (AvgIpc) is 2.71. The Kier molecular flexibility index (Phi) is 13.6. The van der Waals surface area contributed by atoms with E-state index in [1.54, 1.807) is 0 Å². The van der Waals surface area contributed by atoms with Crippen molar-refractivity contribution >= 4 is 36.0 Å². The fourth-order valence-electron chi connectivity index (χ4n) is 3.16. The molecule has 0 aromatic heterocycles. The van der Waals surface area contributed by atoms with Crippen molar-refractivity contribution in [1.29, 1.82) is 0 Å². The van der Waals surface area contributed by atoms with E-state index in [4.69, 9.17) is 14.5 Å². The molecule has 0 atom stereocenters. The minimum Gasteiger partial charge on any atom is -0.444 e. The maximum Gasteiger partial charge on any atom is 0.407 e. The standard InChI is InChI=1S/C23H39N5O3.HI/c1-5-24-21(25-10-7-11-26-22(29)31-23(2,3)4)27-17-19-8-6-9-20(16-19)18-28-12-14-30-15-13-28;/h6,8-9,16H,5,7,10-15,17-18H2,1-4H3,(H,26,29)(H2,24,25,27);1H. The lowest BCUT2D eigenvalue weighted by Crippen LogP contribution is -2.39. The van der Waals surface area contributed by atoms with E-state index in [0.29, 0.717) is 19.6 Å². The Labute approximate surface area is 209 Å². The highest BCUT2D eigenvalue weighted by atomic mass is 127. The largest absolute Gasteiger partial charge is 0.444 e. The Bertz CT molecular complexity index is 703. The summed E-state index contributed by atoms with van der Waals surface area (Å²) >= 11 is 0. The molecule has 1 aromatic carbocycles. The van der Waals surface area contributed by atoms with Crippen molar-refractivity contribution in [2.24, 2.45) is 4.99 Å². The number of hydrogen-bond acceptors (Lipinski definition) is 5. The van der Waals surface area contributed by atoms with Crippen LogP contribution in [-0.2, 0) is 22.6 Å². The smallest absolute Gasteiger partial charge is 0.407 e. The molecule has 1 saturated heterocycles. The second kappa shape index (κ2) is 15.3. The van der Waals surface area contributed by atoms with Crippen LogP contribution in [0.5, 0.6) is 0 Å². The van der Waals surface area contributed by atoms with Crippen molar-refractivity contribution in [1.82, 2.24) is 20.9 Å². The molecule has 182 valence electrons. The summed E-state index contributed by atoms with van der Waals surface area (Å²) < 4.78 is 10.7. The minimum absolute atomic E-state index is 0. The molecule has 32 heavy (non-hydrogen) atoms. The monoisotopic (exact) mass is 561 g/mol. The molecule has 0 spiro atoms. The molecular weight excluding hydrogens is 521 g/mol. The highest BCUT2D eigenvalue weighted by Gasteiger charge is 2.15. The summed E-state index contributed by atoms with van der Waals surface area (Å²) in [6, 6.07) is 8.61. The molecule has 9 heteroatoms. The van der Waals surface area contributed by atoms with E-state index < -0.39 is 5.60 Å². The SMILES string of the molecule is CCNC(=NCc1cccc(CN2CCOCC2)c1)NCCCNC(=O)OC(C)(C)C.I. The minimum atomic E-state index is -0.479. The fraction of sp³-hybridized carbons (Fsp3) is 0.652. The lowest BCUT2D eigenvalue weighted by atomic mass is 10.1. The third kappa shape index (κ3) is 12.4. The fourth-order valence-corrected chi connectivity index (χ4v) is 3.16. The second-order valence-corrected chi connectivity index (χ2v) is 8.61. The quantitative estimate of drug-likeness (QED) is 0.186. The molecule has 1 amide bonds. The van der Waals surface area contributed by atoms with Crippen molar-refractivity contribution in [3.05, 3.63) is 35.4 Å². The van der Waals surface area contributed by atoms with Crippen LogP contribution >= 0.6 is 24.0 Å². The van der Waals surface area contributed by atoms with Crippen molar-refractivity contribution in [3.63, 3.8) is 0 Å². The summed E-state index contributed by atoms with van der Waals surface area (Å²) in [6.07, 6.45) is 0.392. The molecule has 1 fully saturated rings. The summed E-state index contributed by atoms with van der Waals surface area (Å²) in [5.41, 5.74) is 2.02. The Hall–Kier alpha value is -1.59. The molecule has 3 N–H and O–H groups in total. The molecule has 1 aromatic rings. The molecule has 0 unspecified atom stereocenters. The van der Waals surface area contributed by atoms with Gasteiger partial charge in [-0.25, -0.2) is 9.79 Å². The van der Waals surface area contributed by atoms with E-state index in [1.807, 2.05) is 27.7 Å². The number of rotatable bonds is 9. The number of nitrogens with one attached hydrogen (secondary N) is 3. The lowest BCUT2D eigenvalue weighted by molar-refractivity contribution is 0.0342. The number of morpholine rings is 1. The zero-order chi connectivity index (χ0) is 22.5. The second-order valence-electron chi connectivity index (χ2n) is 8.61. The van der Waals surface area contributed by atoms with Crippen molar-refractivity contribution < 1.29 is 14.3 Å².